The fraction of sp³-hybridized carbons (Fsp3) is 0.600. The number of carbonyl (C=O) groups is 1. The van der Waals surface area contributed by atoms with Crippen LogP contribution in [0, 0.1) is 5.92 Å². The van der Waals surface area contributed by atoms with Gasteiger partial charge in [-0.1, -0.05) is 13.8 Å². The van der Waals surface area contributed by atoms with Crippen molar-refractivity contribution in [3.63, 3.8) is 0 Å². The first kappa shape index (κ1) is 14.8. The van der Waals surface area contributed by atoms with Gasteiger partial charge in [-0.05, 0) is 31.4 Å². The van der Waals surface area contributed by atoms with Gasteiger partial charge >= 0.3 is 0 Å². The van der Waals surface area contributed by atoms with Crippen LogP contribution in [-0.2, 0) is 4.74 Å². The fourth-order valence-corrected chi connectivity index (χ4v) is 2.37. The molecule has 0 radical (unpaired) electrons. The number of rotatable bonds is 4. The zero-order valence-corrected chi connectivity index (χ0v) is 12.3. The Morgan fingerprint density at radius 3 is 2.90 bits per heavy atom. The number of pyridine rings is 1. The van der Waals surface area contributed by atoms with E-state index in [0.717, 1.165) is 18.7 Å². The largest absolute Gasteiger partial charge is 0.384 e. The van der Waals surface area contributed by atoms with Crippen LogP contribution < -0.4 is 11.1 Å². The summed E-state index contributed by atoms with van der Waals surface area (Å²) in [4.78, 5) is 16.4. The second-order valence-electron chi connectivity index (χ2n) is 5.69. The number of hydrogen-bond acceptors (Lipinski definition) is 4. The van der Waals surface area contributed by atoms with Crippen LogP contribution in [0.4, 0.5) is 5.82 Å². The van der Waals surface area contributed by atoms with Crippen molar-refractivity contribution in [3.8, 4) is 0 Å². The minimum atomic E-state index is -0.0971. The van der Waals surface area contributed by atoms with Gasteiger partial charge in [0.2, 0.25) is 0 Å². The van der Waals surface area contributed by atoms with Crippen molar-refractivity contribution < 1.29 is 9.53 Å². The molecule has 2 atom stereocenters. The normalized spacial score (nSPS) is 22.2. The molecule has 0 aliphatic carbocycles. The summed E-state index contributed by atoms with van der Waals surface area (Å²) in [6, 6.07) is 3.43. The van der Waals surface area contributed by atoms with E-state index in [1.165, 1.54) is 0 Å². The van der Waals surface area contributed by atoms with Crippen molar-refractivity contribution >= 4 is 11.7 Å². The predicted molar refractivity (Wildman–Crippen MR) is 78.6 cm³/mol. The van der Waals surface area contributed by atoms with Crippen LogP contribution in [0.15, 0.2) is 12.1 Å². The highest BCUT2D eigenvalue weighted by molar-refractivity contribution is 5.94. The summed E-state index contributed by atoms with van der Waals surface area (Å²) in [6.07, 6.45) is 1.21. The number of ether oxygens (including phenoxy) is 1. The summed E-state index contributed by atoms with van der Waals surface area (Å²) in [5, 5.41) is 2.96. The Kier molecular flexibility index (Phi) is 4.60. The zero-order chi connectivity index (χ0) is 14.7. The van der Waals surface area contributed by atoms with Gasteiger partial charge in [0.05, 0.1) is 6.10 Å². The van der Waals surface area contributed by atoms with E-state index in [1.807, 2.05) is 26.8 Å². The standard InChI is InChI=1S/C15H23N3O2/c1-9(2)13-6-12(7-14(16)18-13)15(19)17-8-11-4-5-20-10(11)3/h6-7,9-11H,4-5,8H2,1-3H3,(H2,16,18)(H,17,19). The number of aromatic nitrogens is 1. The Labute approximate surface area is 119 Å². The van der Waals surface area contributed by atoms with Crippen molar-refractivity contribution in [2.24, 2.45) is 5.92 Å². The van der Waals surface area contributed by atoms with Gasteiger partial charge in [-0.3, -0.25) is 4.79 Å². The third-order valence-corrected chi connectivity index (χ3v) is 3.78. The SMILES string of the molecule is CC(C)c1cc(C(=O)NCC2CCOC2C)cc(N)n1. The molecule has 1 aromatic rings. The van der Waals surface area contributed by atoms with Crippen molar-refractivity contribution in [2.75, 3.05) is 18.9 Å². The van der Waals surface area contributed by atoms with Crippen molar-refractivity contribution in [3.05, 3.63) is 23.4 Å². The number of nitrogen functional groups attached to an aromatic ring is 1. The summed E-state index contributed by atoms with van der Waals surface area (Å²) in [5.41, 5.74) is 7.18. The lowest BCUT2D eigenvalue weighted by atomic mass is 10.0. The predicted octanol–water partition coefficient (Wildman–Crippen LogP) is 1.94. The molecule has 2 rings (SSSR count). The Hall–Kier alpha value is -1.62. The average Bonchev–Trinajstić information content (AvgIpc) is 2.80. The number of carbonyl (C=O) groups excluding carboxylic acids is 1. The summed E-state index contributed by atoms with van der Waals surface area (Å²) in [5.74, 6) is 0.926. The number of nitrogens with one attached hydrogen (secondary N) is 1. The van der Waals surface area contributed by atoms with E-state index in [2.05, 4.69) is 10.3 Å². The molecule has 0 aromatic carbocycles. The van der Waals surface area contributed by atoms with Gasteiger partial charge < -0.3 is 15.8 Å². The Morgan fingerprint density at radius 2 is 2.30 bits per heavy atom. The van der Waals surface area contributed by atoms with Gasteiger partial charge in [0.15, 0.2) is 0 Å². The molecule has 20 heavy (non-hydrogen) atoms. The molecule has 3 N–H and O–H groups in total. The maximum atomic E-state index is 12.2. The van der Waals surface area contributed by atoms with Gasteiger partial charge in [-0.15, -0.1) is 0 Å². The first-order chi connectivity index (χ1) is 9.47. The molecule has 0 spiro atoms. The Morgan fingerprint density at radius 1 is 1.55 bits per heavy atom. The molecule has 110 valence electrons. The second-order valence-corrected chi connectivity index (χ2v) is 5.69. The van der Waals surface area contributed by atoms with Crippen LogP contribution in [0.2, 0.25) is 0 Å². The van der Waals surface area contributed by atoms with Crippen molar-refractivity contribution in [1.82, 2.24) is 10.3 Å². The van der Waals surface area contributed by atoms with Crippen LogP contribution in [0.5, 0.6) is 0 Å². The molecule has 0 saturated carbocycles. The third-order valence-electron chi connectivity index (χ3n) is 3.78. The molecule has 2 heterocycles. The maximum absolute atomic E-state index is 12.2. The number of anilines is 1. The summed E-state index contributed by atoms with van der Waals surface area (Å²) in [6.45, 7) is 7.52. The number of nitrogens with two attached hydrogens (primary N) is 1. The van der Waals surface area contributed by atoms with E-state index in [0.29, 0.717) is 23.8 Å². The monoisotopic (exact) mass is 277 g/mol. The van der Waals surface area contributed by atoms with Crippen LogP contribution in [0.3, 0.4) is 0 Å². The van der Waals surface area contributed by atoms with Gasteiger partial charge in [-0.2, -0.15) is 0 Å². The molecule has 1 saturated heterocycles. The molecule has 1 aliphatic heterocycles. The lowest BCUT2D eigenvalue weighted by Gasteiger charge is -2.15. The number of hydrogen-bond donors (Lipinski definition) is 2. The fourth-order valence-electron chi connectivity index (χ4n) is 2.37. The summed E-state index contributed by atoms with van der Waals surface area (Å²) < 4.78 is 5.49. The highest BCUT2D eigenvalue weighted by Crippen LogP contribution is 2.20. The third kappa shape index (κ3) is 3.48. The van der Waals surface area contributed by atoms with E-state index >= 15 is 0 Å². The Balaban J connectivity index is 2.01. The van der Waals surface area contributed by atoms with E-state index in [9.17, 15) is 4.79 Å². The summed E-state index contributed by atoms with van der Waals surface area (Å²) in [7, 11) is 0. The molecule has 0 bridgehead atoms. The minimum Gasteiger partial charge on any atom is -0.384 e. The van der Waals surface area contributed by atoms with Crippen LogP contribution in [-0.4, -0.2) is 30.1 Å². The van der Waals surface area contributed by atoms with E-state index in [1.54, 1.807) is 6.07 Å². The first-order valence-corrected chi connectivity index (χ1v) is 7.14. The van der Waals surface area contributed by atoms with E-state index in [-0.39, 0.29) is 17.9 Å². The van der Waals surface area contributed by atoms with Gasteiger partial charge in [0.25, 0.3) is 5.91 Å². The molecule has 5 nitrogen and oxygen atoms in total. The van der Waals surface area contributed by atoms with Gasteiger partial charge in [-0.25, -0.2) is 4.98 Å². The smallest absolute Gasteiger partial charge is 0.251 e. The van der Waals surface area contributed by atoms with Crippen molar-refractivity contribution in [1.29, 1.82) is 0 Å². The van der Waals surface area contributed by atoms with Crippen LogP contribution in [0.25, 0.3) is 0 Å². The molecular weight excluding hydrogens is 254 g/mol. The number of amides is 1. The molecule has 1 fully saturated rings. The highest BCUT2D eigenvalue weighted by atomic mass is 16.5. The topological polar surface area (TPSA) is 77.2 Å². The van der Waals surface area contributed by atoms with Crippen molar-refractivity contribution in [2.45, 2.75) is 39.2 Å². The first-order valence-electron chi connectivity index (χ1n) is 7.14. The number of nitrogens with zero attached hydrogens (tertiary/aromatic N) is 1. The van der Waals surface area contributed by atoms with Crippen LogP contribution in [0.1, 0.15) is 49.2 Å². The minimum absolute atomic E-state index is 0.0971. The highest BCUT2D eigenvalue weighted by Gasteiger charge is 2.24. The lowest BCUT2D eigenvalue weighted by molar-refractivity contribution is 0.0907. The molecular formula is C15H23N3O2. The van der Waals surface area contributed by atoms with Crippen LogP contribution >= 0.6 is 0 Å². The van der Waals surface area contributed by atoms with Gasteiger partial charge in [0, 0.05) is 30.3 Å². The lowest BCUT2D eigenvalue weighted by Crippen LogP contribution is -2.32. The Bertz CT molecular complexity index is 488. The maximum Gasteiger partial charge on any atom is 0.251 e. The van der Waals surface area contributed by atoms with E-state index in [4.69, 9.17) is 10.5 Å². The van der Waals surface area contributed by atoms with Gasteiger partial charge in [0.1, 0.15) is 5.82 Å². The molecule has 1 aromatic heterocycles. The molecule has 1 aliphatic rings. The molecule has 5 heteroatoms. The summed E-state index contributed by atoms with van der Waals surface area (Å²) >= 11 is 0. The second kappa shape index (κ2) is 6.22. The average molecular weight is 277 g/mol. The zero-order valence-electron chi connectivity index (χ0n) is 12.3. The van der Waals surface area contributed by atoms with E-state index < -0.39 is 0 Å². The molecule has 2 unspecified atom stereocenters. The quantitative estimate of drug-likeness (QED) is 0.881. The molecule has 1 amide bonds.